The summed E-state index contributed by atoms with van der Waals surface area (Å²) in [6.45, 7) is 0.422. The average molecular weight is 163 g/mol. The maximum absolute atomic E-state index is 10.0. The first-order valence-electron chi connectivity index (χ1n) is 3.18. The fourth-order valence-electron chi connectivity index (χ4n) is 0.521. The van der Waals surface area contributed by atoms with Crippen LogP contribution in [0.2, 0.25) is 6.04 Å². The van der Waals surface area contributed by atoms with E-state index in [2.05, 4.69) is 4.74 Å². The van der Waals surface area contributed by atoms with Gasteiger partial charge in [-0.1, -0.05) is 0 Å². The molecule has 0 aliphatic heterocycles. The number of primary amides is 1. The molecule has 0 spiro atoms. The molecule has 0 rings (SSSR count). The van der Waals surface area contributed by atoms with Crippen molar-refractivity contribution in [3.8, 4) is 0 Å². The van der Waals surface area contributed by atoms with Crippen molar-refractivity contribution in [1.29, 1.82) is 0 Å². The molecular formula is C5H13NO3Si. The molecule has 0 radical (unpaired) electrons. The number of hydrogen-bond donors (Lipinski definition) is 1. The predicted octanol–water partition coefficient (Wildman–Crippen LogP) is -0.380. The fraction of sp³-hybridized carbons (Fsp3) is 0.800. The fourth-order valence-corrected chi connectivity index (χ4v) is 1.22. The molecular weight excluding hydrogens is 150 g/mol. The second-order valence-electron chi connectivity index (χ2n) is 1.87. The van der Waals surface area contributed by atoms with Crippen molar-refractivity contribution in [3.05, 3.63) is 0 Å². The summed E-state index contributed by atoms with van der Waals surface area (Å²) >= 11 is 0. The van der Waals surface area contributed by atoms with Gasteiger partial charge in [0.1, 0.15) is 0 Å². The molecule has 0 unspecified atom stereocenters. The second-order valence-corrected chi connectivity index (χ2v) is 3.56. The lowest BCUT2D eigenvalue weighted by Crippen LogP contribution is -2.13. The van der Waals surface area contributed by atoms with Crippen LogP contribution < -0.4 is 5.73 Å². The highest BCUT2D eigenvalue weighted by Crippen LogP contribution is 1.89. The molecule has 0 saturated heterocycles. The third-order valence-electron chi connectivity index (χ3n) is 0.987. The Morgan fingerprint density at radius 1 is 1.70 bits per heavy atom. The first-order chi connectivity index (χ1) is 4.77. The highest BCUT2D eigenvalue weighted by atomic mass is 28.2. The van der Waals surface area contributed by atoms with Crippen LogP contribution in [0.25, 0.3) is 0 Å². The van der Waals surface area contributed by atoms with Crippen LogP contribution in [0.5, 0.6) is 0 Å². The number of rotatable bonds is 5. The van der Waals surface area contributed by atoms with Gasteiger partial charge in [0.25, 0.3) is 0 Å². The second kappa shape index (κ2) is 6.57. The van der Waals surface area contributed by atoms with Gasteiger partial charge < -0.3 is 14.9 Å². The molecule has 4 nitrogen and oxygen atoms in total. The lowest BCUT2D eigenvalue weighted by molar-refractivity contribution is 0.156. The molecule has 10 heavy (non-hydrogen) atoms. The Bertz CT molecular complexity index is 98.9. The Kier molecular flexibility index (Phi) is 6.20. The Balaban J connectivity index is 2.84. The Morgan fingerprint density at radius 3 is 2.90 bits per heavy atom. The summed E-state index contributed by atoms with van der Waals surface area (Å²) < 4.78 is 9.41. The normalized spacial score (nSPS) is 10.5. The van der Waals surface area contributed by atoms with Crippen LogP contribution in [0.3, 0.4) is 0 Å². The molecule has 0 bridgehead atoms. The molecule has 0 heterocycles. The smallest absolute Gasteiger partial charge is 0.404 e. The van der Waals surface area contributed by atoms with E-state index in [1.54, 1.807) is 7.11 Å². The zero-order chi connectivity index (χ0) is 7.82. The molecule has 60 valence electrons. The molecule has 0 aliphatic rings. The maximum atomic E-state index is 10.0. The molecule has 0 aromatic heterocycles. The van der Waals surface area contributed by atoms with Gasteiger partial charge in [0.05, 0.1) is 6.61 Å². The minimum absolute atomic E-state index is 0.355. The number of carbonyl (C=O) groups is 1. The van der Waals surface area contributed by atoms with E-state index in [1.165, 1.54) is 0 Å². The van der Waals surface area contributed by atoms with Gasteiger partial charge in [-0.2, -0.15) is 0 Å². The number of nitrogens with two attached hydrogens (primary N) is 1. The van der Waals surface area contributed by atoms with Crippen LogP contribution in [-0.2, 0) is 9.16 Å². The minimum atomic E-state index is -0.695. The van der Waals surface area contributed by atoms with Crippen molar-refractivity contribution >= 4 is 15.9 Å². The van der Waals surface area contributed by atoms with Crippen molar-refractivity contribution in [1.82, 2.24) is 0 Å². The van der Waals surface area contributed by atoms with Crippen LogP contribution in [-0.4, -0.2) is 29.6 Å². The molecule has 0 aromatic rings. The molecule has 1 amide bonds. The van der Waals surface area contributed by atoms with Crippen LogP contribution in [0.15, 0.2) is 0 Å². The van der Waals surface area contributed by atoms with E-state index in [1.807, 2.05) is 0 Å². The van der Waals surface area contributed by atoms with E-state index in [0.717, 1.165) is 12.5 Å². The van der Waals surface area contributed by atoms with Gasteiger partial charge in [-0.05, 0) is 12.5 Å². The van der Waals surface area contributed by atoms with E-state index in [-0.39, 0.29) is 9.76 Å². The lowest BCUT2D eigenvalue weighted by Gasteiger charge is -1.99. The van der Waals surface area contributed by atoms with Crippen LogP contribution >= 0.6 is 0 Å². The summed E-state index contributed by atoms with van der Waals surface area (Å²) in [5, 5.41) is 0. The largest absolute Gasteiger partial charge is 0.450 e. The summed E-state index contributed by atoms with van der Waals surface area (Å²) in [5.74, 6) is 0. The number of hydrogen-bond acceptors (Lipinski definition) is 3. The number of ether oxygens (including phenoxy) is 1. The quantitative estimate of drug-likeness (QED) is 0.444. The molecule has 2 N–H and O–H groups in total. The van der Waals surface area contributed by atoms with E-state index in [9.17, 15) is 4.79 Å². The Labute approximate surface area is 62.6 Å². The third kappa shape index (κ3) is 7.45. The van der Waals surface area contributed by atoms with Gasteiger partial charge in [-0.15, -0.1) is 0 Å². The minimum Gasteiger partial charge on any atom is -0.450 e. The van der Waals surface area contributed by atoms with Crippen molar-refractivity contribution < 1.29 is 14.0 Å². The molecule has 0 saturated carbocycles. The first kappa shape index (κ1) is 9.45. The number of amides is 1. The average Bonchev–Trinajstić information content (AvgIpc) is 1.87. The summed E-state index contributed by atoms with van der Waals surface area (Å²) in [4.78, 5) is 10.0. The van der Waals surface area contributed by atoms with Gasteiger partial charge in [-0.25, -0.2) is 4.79 Å². The van der Waals surface area contributed by atoms with E-state index >= 15 is 0 Å². The zero-order valence-electron chi connectivity index (χ0n) is 6.13. The van der Waals surface area contributed by atoms with Crippen LogP contribution in [0.4, 0.5) is 4.79 Å². The van der Waals surface area contributed by atoms with Gasteiger partial charge in [-0.3, -0.25) is 0 Å². The molecule has 5 heteroatoms. The summed E-state index contributed by atoms with van der Waals surface area (Å²) in [6.07, 6.45) is 0.169. The summed E-state index contributed by atoms with van der Waals surface area (Å²) in [6, 6.07) is 1.03. The highest BCUT2D eigenvalue weighted by Gasteiger charge is 1.92. The first-order valence-corrected chi connectivity index (χ1v) is 4.76. The lowest BCUT2D eigenvalue weighted by atomic mass is 10.5. The third-order valence-corrected chi connectivity index (χ3v) is 2.18. The zero-order valence-corrected chi connectivity index (χ0v) is 7.54. The predicted molar refractivity (Wildman–Crippen MR) is 40.5 cm³/mol. The van der Waals surface area contributed by atoms with E-state index in [4.69, 9.17) is 10.2 Å². The number of carbonyl (C=O) groups excluding carboxylic acids is 1. The Hall–Kier alpha value is -0.553. The topological polar surface area (TPSA) is 61.6 Å². The SMILES string of the molecule is CO[SiH2]CCCOC(N)=O. The Morgan fingerprint density at radius 2 is 2.40 bits per heavy atom. The summed E-state index contributed by atoms with van der Waals surface area (Å²) in [7, 11) is 1.34. The monoisotopic (exact) mass is 163 g/mol. The standard InChI is InChI=1S/C5H13NO3Si/c1-8-10-4-2-3-9-5(6)7/h2-4,10H2,1H3,(H2,6,7). The van der Waals surface area contributed by atoms with Crippen LogP contribution in [0.1, 0.15) is 6.42 Å². The molecule has 0 atom stereocenters. The maximum Gasteiger partial charge on any atom is 0.404 e. The van der Waals surface area contributed by atoms with Gasteiger partial charge in [0.2, 0.25) is 0 Å². The molecule has 0 aromatic carbocycles. The van der Waals surface area contributed by atoms with Crippen molar-refractivity contribution in [2.75, 3.05) is 13.7 Å². The van der Waals surface area contributed by atoms with Gasteiger partial charge in [0.15, 0.2) is 9.76 Å². The van der Waals surface area contributed by atoms with Gasteiger partial charge >= 0.3 is 6.09 Å². The van der Waals surface area contributed by atoms with Crippen LogP contribution in [0, 0.1) is 0 Å². The summed E-state index contributed by atoms with van der Waals surface area (Å²) in [5.41, 5.74) is 4.73. The van der Waals surface area contributed by atoms with Gasteiger partial charge in [0, 0.05) is 7.11 Å². The van der Waals surface area contributed by atoms with Crippen molar-refractivity contribution in [2.45, 2.75) is 12.5 Å². The van der Waals surface area contributed by atoms with Crippen molar-refractivity contribution in [3.63, 3.8) is 0 Å². The molecule has 0 aliphatic carbocycles. The van der Waals surface area contributed by atoms with Crippen molar-refractivity contribution in [2.24, 2.45) is 5.73 Å². The highest BCUT2D eigenvalue weighted by molar-refractivity contribution is 6.26. The molecule has 0 fully saturated rings. The van der Waals surface area contributed by atoms with E-state index < -0.39 is 6.09 Å². The van der Waals surface area contributed by atoms with E-state index in [0.29, 0.717) is 6.61 Å².